The molecule has 1 heterocycles. The fourth-order valence-electron chi connectivity index (χ4n) is 2.23. The summed E-state index contributed by atoms with van der Waals surface area (Å²) in [4.78, 5) is 11.0. The Morgan fingerprint density at radius 2 is 2.55 bits per heavy atom. The van der Waals surface area contributed by atoms with Crippen molar-refractivity contribution >= 4 is 5.78 Å². The van der Waals surface area contributed by atoms with E-state index in [1.807, 2.05) is 0 Å². The summed E-state index contributed by atoms with van der Waals surface area (Å²) in [7, 11) is 0. The standard InChI is InChI=1S/C9H9NO/c11-7-1-2-9-4-6(9)5-10-8(9)3-7/h1-3,6,10H,4-5H2. The van der Waals surface area contributed by atoms with Crippen LogP contribution >= 0.6 is 0 Å². The van der Waals surface area contributed by atoms with Crippen molar-refractivity contribution in [2.24, 2.45) is 11.3 Å². The highest BCUT2D eigenvalue weighted by molar-refractivity contribution is 6.01. The average molecular weight is 147 g/mol. The lowest BCUT2D eigenvalue weighted by Crippen LogP contribution is -2.16. The van der Waals surface area contributed by atoms with Gasteiger partial charge in [-0.05, 0) is 18.4 Å². The topological polar surface area (TPSA) is 29.1 Å². The van der Waals surface area contributed by atoms with E-state index in [1.54, 1.807) is 12.2 Å². The second-order valence-corrected chi connectivity index (χ2v) is 3.62. The average Bonchev–Trinajstić information content (AvgIpc) is 2.60. The highest BCUT2D eigenvalue weighted by atomic mass is 16.1. The predicted molar refractivity (Wildman–Crippen MR) is 40.8 cm³/mol. The van der Waals surface area contributed by atoms with Crippen molar-refractivity contribution in [1.29, 1.82) is 0 Å². The van der Waals surface area contributed by atoms with E-state index in [4.69, 9.17) is 0 Å². The van der Waals surface area contributed by atoms with Crippen LogP contribution in [0.25, 0.3) is 0 Å². The van der Waals surface area contributed by atoms with Gasteiger partial charge in [-0.15, -0.1) is 0 Å². The van der Waals surface area contributed by atoms with Crippen LogP contribution in [0.3, 0.4) is 0 Å². The summed E-state index contributed by atoms with van der Waals surface area (Å²) in [5.74, 6) is 0.906. The lowest BCUT2D eigenvalue weighted by Gasteiger charge is -2.13. The molecular formula is C9H9NO. The molecule has 2 fully saturated rings. The summed E-state index contributed by atoms with van der Waals surface area (Å²) in [6, 6.07) is 0. The molecule has 2 unspecified atom stereocenters. The summed E-state index contributed by atoms with van der Waals surface area (Å²) >= 11 is 0. The maximum Gasteiger partial charge on any atom is 0.180 e. The number of rotatable bonds is 0. The fraction of sp³-hybridized carbons (Fsp3) is 0.444. The molecule has 3 rings (SSSR count). The van der Waals surface area contributed by atoms with E-state index < -0.39 is 0 Å². The first kappa shape index (κ1) is 5.58. The number of hydrogen-bond donors (Lipinski definition) is 1. The molecule has 0 aromatic heterocycles. The van der Waals surface area contributed by atoms with Crippen LogP contribution in [0.5, 0.6) is 0 Å². The molecule has 0 aromatic rings. The Morgan fingerprint density at radius 3 is 3.36 bits per heavy atom. The molecule has 2 nitrogen and oxygen atoms in total. The van der Waals surface area contributed by atoms with Gasteiger partial charge in [0.2, 0.25) is 0 Å². The van der Waals surface area contributed by atoms with Crippen LogP contribution < -0.4 is 5.32 Å². The van der Waals surface area contributed by atoms with Crippen molar-refractivity contribution in [2.75, 3.05) is 6.54 Å². The van der Waals surface area contributed by atoms with Crippen molar-refractivity contribution in [3.63, 3.8) is 0 Å². The third-order valence-corrected chi connectivity index (χ3v) is 3.02. The maximum absolute atomic E-state index is 11.0. The summed E-state index contributed by atoms with van der Waals surface area (Å²) in [6.07, 6.45) is 6.77. The monoisotopic (exact) mass is 147 g/mol. The van der Waals surface area contributed by atoms with Gasteiger partial charge in [0.1, 0.15) is 0 Å². The van der Waals surface area contributed by atoms with Crippen LogP contribution in [-0.2, 0) is 4.79 Å². The molecule has 2 aliphatic carbocycles. The Bertz CT molecular complexity index is 303. The van der Waals surface area contributed by atoms with Crippen LogP contribution in [0.1, 0.15) is 6.42 Å². The molecule has 1 N–H and O–H groups in total. The smallest absolute Gasteiger partial charge is 0.180 e. The second-order valence-electron chi connectivity index (χ2n) is 3.62. The number of piperidine rings is 1. The minimum Gasteiger partial charge on any atom is -0.387 e. The Labute approximate surface area is 65.0 Å². The normalized spacial score (nSPS) is 44.2. The first-order chi connectivity index (χ1) is 5.31. The quantitative estimate of drug-likeness (QED) is 0.544. The zero-order chi connectivity index (χ0) is 7.47. The van der Waals surface area contributed by atoms with Gasteiger partial charge in [0, 0.05) is 23.7 Å². The third kappa shape index (κ3) is 0.516. The first-order valence-corrected chi connectivity index (χ1v) is 4.00. The zero-order valence-corrected chi connectivity index (χ0v) is 6.13. The van der Waals surface area contributed by atoms with Gasteiger partial charge in [0.15, 0.2) is 5.78 Å². The molecule has 1 aliphatic heterocycles. The van der Waals surface area contributed by atoms with Gasteiger partial charge in [-0.3, -0.25) is 4.79 Å². The highest BCUT2D eigenvalue weighted by Gasteiger charge is 2.59. The highest BCUT2D eigenvalue weighted by Crippen LogP contribution is 2.62. The number of hydrogen-bond acceptors (Lipinski definition) is 2. The van der Waals surface area contributed by atoms with E-state index in [1.165, 1.54) is 6.42 Å². The maximum atomic E-state index is 11.0. The third-order valence-electron chi connectivity index (χ3n) is 3.02. The lowest BCUT2D eigenvalue weighted by atomic mass is 9.96. The van der Waals surface area contributed by atoms with E-state index in [9.17, 15) is 4.79 Å². The molecule has 0 aromatic carbocycles. The molecule has 11 heavy (non-hydrogen) atoms. The molecule has 0 bridgehead atoms. The molecule has 0 radical (unpaired) electrons. The van der Waals surface area contributed by atoms with Crippen molar-refractivity contribution in [2.45, 2.75) is 6.42 Å². The van der Waals surface area contributed by atoms with Crippen LogP contribution in [0.4, 0.5) is 0 Å². The van der Waals surface area contributed by atoms with Gasteiger partial charge < -0.3 is 5.32 Å². The molecule has 3 aliphatic rings. The molecule has 2 heteroatoms. The van der Waals surface area contributed by atoms with Gasteiger partial charge in [-0.2, -0.15) is 0 Å². The number of carbonyl (C=O) groups excluding carboxylic acids is 1. The molecule has 1 saturated carbocycles. The molecular weight excluding hydrogens is 138 g/mol. The van der Waals surface area contributed by atoms with Crippen molar-refractivity contribution in [1.82, 2.24) is 5.32 Å². The number of allylic oxidation sites excluding steroid dienone is 3. The Kier molecular flexibility index (Phi) is 0.721. The van der Waals surface area contributed by atoms with Gasteiger partial charge in [-0.25, -0.2) is 0 Å². The molecule has 1 spiro atoms. The SMILES string of the molecule is O=C1C=CC23CC2CNC3=C1. The fourth-order valence-corrected chi connectivity index (χ4v) is 2.23. The van der Waals surface area contributed by atoms with E-state index in [0.29, 0.717) is 0 Å². The van der Waals surface area contributed by atoms with Gasteiger partial charge in [-0.1, -0.05) is 6.08 Å². The van der Waals surface area contributed by atoms with Crippen LogP contribution in [0.2, 0.25) is 0 Å². The summed E-state index contributed by atoms with van der Waals surface area (Å²) in [5.41, 5.74) is 1.45. The Balaban J connectivity index is 2.12. The minimum atomic E-state index is 0.130. The Hall–Kier alpha value is -1.05. The zero-order valence-electron chi connectivity index (χ0n) is 6.13. The lowest BCUT2D eigenvalue weighted by molar-refractivity contribution is -0.110. The first-order valence-electron chi connectivity index (χ1n) is 4.00. The van der Waals surface area contributed by atoms with E-state index in [0.717, 1.165) is 18.2 Å². The molecule has 56 valence electrons. The summed E-state index contributed by atoms with van der Waals surface area (Å²) < 4.78 is 0. The van der Waals surface area contributed by atoms with Crippen molar-refractivity contribution in [3.8, 4) is 0 Å². The van der Waals surface area contributed by atoms with E-state index in [2.05, 4.69) is 11.4 Å². The van der Waals surface area contributed by atoms with E-state index in [-0.39, 0.29) is 11.2 Å². The molecule has 1 saturated heterocycles. The van der Waals surface area contributed by atoms with E-state index >= 15 is 0 Å². The summed E-state index contributed by atoms with van der Waals surface area (Å²) in [5, 5.41) is 3.27. The van der Waals surface area contributed by atoms with Gasteiger partial charge >= 0.3 is 0 Å². The van der Waals surface area contributed by atoms with Gasteiger partial charge in [0.05, 0.1) is 0 Å². The second kappa shape index (κ2) is 1.42. The van der Waals surface area contributed by atoms with Crippen molar-refractivity contribution in [3.05, 3.63) is 23.9 Å². The number of ketones is 1. The largest absolute Gasteiger partial charge is 0.387 e. The van der Waals surface area contributed by atoms with Gasteiger partial charge in [0.25, 0.3) is 0 Å². The van der Waals surface area contributed by atoms with Crippen LogP contribution in [0.15, 0.2) is 23.9 Å². The van der Waals surface area contributed by atoms with Crippen LogP contribution in [0, 0.1) is 11.3 Å². The number of carbonyl (C=O) groups is 1. The minimum absolute atomic E-state index is 0.130. The summed E-state index contributed by atoms with van der Waals surface area (Å²) in [6.45, 7) is 1.06. The molecule has 0 amide bonds. The Morgan fingerprint density at radius 1 is 1.64 bits per heavy atom. The van der Waals surface area contributed by atoms with Crippen molar-refractivity contribution < 1.29 is 4.79 Å². The number of nitrogens with one attached hydrogen (secondary N) is 1. The van der Waals surface area contributed by atoms with Crippen LogP contribution in [-0.4, -0.2) is 12.3 Å². The molecule has 2 atom stereocenters. The predicted octanol–water partition coefficient (Wildman–Crippen LogP) is 0.619.